The minimum Gasteiger partial charge on any atom is -0.492 e. The standard InChI is InChI=1S/C22H19F2N3O2/c23-22(24)27-11-14(10-25-27)17-7-13-8-18(12-1-2-12)26-5-3-15(28)9-19(26)20(13)16-4-6-29-21(16)17/h3,5,7,9-12,18,22H,1-2,4,6,8H2. The van der Waals surface area contributed by atoms with Gasteiger partial charge in [-0.3, -0.25) is 4.79 Å². The van der Waals surface area contributed by atoms with E-state index >= 15 is 0 Å². The van der Waals surface area contributed by atoms with E-state index in [0.717, 1.165) is 46.5 Å². The first-order valence-electron chi connectivity index (χ1n) is 9.97. The third kappa shape index (κ3) is 2.56. The van der Waals surface area contributed by atoms with Crippen LogP contribution in [0.15, 0.2) is 41.6 Å². The predicted octanol–water partition coefficient (Wildman–Crippen LogP) is 4.22. The van der Waals surface area contributed by atoms with E-state index in [0.29, 0.717) is 28.8 Å². The minimum absolute atomic E-state index is 0.00593. The lowest BCUT2D eigenvalue weighted by Crippen LogP contribution is -2.23. The number of hydrogen-bond donors (Lipinski definition) is 0. The van der Waals surface area contributed by atoms with Crippen LogP contribution in [0.2, 0.25) is 0 Å². The first kappa shape index (κ1) is 16.9. The van der Waals surface area contributed by atoms with Gasteiger partial charge in [-0.15, -0.1) is 0 Å². The number of hydrogen-bond acceptors (Lipinski definition) is 3. The molecule has 4 heterocycles. The molecular formula is C22H19F2N3O2. The van der Waals surface area contributed by atoms with E-state index in [1.807, 2.05) is 6.20 Å². The van der Waals surface area contributed by atoms with Crippen LogP contribution in [0, 0.1) is 5.92 Å². The fraction of sp³-hybridized carbons (Fsp3) is 0.364. The van der Waals surface area contributed by atoms with Crippen LogP contribution in [-0.2, 0) is 12.8 Å². The van der Waals surface area contributed by atoms with Gasteiger partial charge in [0.1, 0.15) is 5.75 Å². The molecule has 0 radical (unpaired) electrons. The number of alkyl halides is 2. The van der Waals surface area contributed by atoms with Gasteiger partial charge in [-0.25, -0.2) is 4.68 Å². The van der Waals surface area contributed by atoms with Gasteiger partial charge in [0.05, 0.1) is 18.5 Å². The van der Waals surface area contributed by atoms with Crippen molar-refractivity contribution in [2.24, 2.45) is 5.92 Å². The zero-order valence-corrected chi connectivity index (χ0v) is 15.6. The van der Waals surface area contributed by atoms with E-state index in [2.05, 4.69) is 15.7 Å². The van der Waals surface area contributed by atoms with E-state index in [9.17, 15) is 13.6 Å². The summed E-state index contributed by atoms with van der Waals surface area (Å²) in [4.78, 5) is 12.2. The maximum Gasteiger partial charge on any atom is 0.333 e. The zero-order valence-electron chi connectivity index (χ0n) is 15.6. The number of benzene rings is 1. The number of rotatable bonds is 3. The van der Waals surface area contributed by atoms with Gasteiger partial charge < -0.3 is 9.30 Å². The second kappa shape index (κ2) is 6.02. The molecule has 0 saturated heterocycles. The molecule has 29 heavy (non-hydrogen) atoms. The summed E-state index contributed by atoms with van der Waals surface area (Å²) < 4.78 is 34.9. The van der Waals surface area contributed by atoms with Crippen LogP contribution < -0.4 is 10.2 Å². The second-order valence-corrected chi connectivity index (χ2v) is 8.11. The lowest BCUT2D eigenvalue weighted by atomic mass is 9.84. The van der Waals surface area contributed by atoms with Gasteiger partial charge >= 0.3 is 6.55 Å². The normalized spacial score (nSPS) is 19.6. The lowest BCUT2D eigenvalue weighted by molar-refractivity contribution is 0.0566. The summed E-state index contributed by atoms with van der Waals surface area (Å²) in [6.07, 6.45) is 8.78. The monoisotopic (exact) mass is 395 g/mol. The van der Waals surface area contributed by atoms with Gasteiger partial charge in [0.15, 0.2) is 5.43 Å². The molecule has 0 amide bonds. The molecule has 7 heteroatoms. The molecule has 148 valence electrons. The number of pyridine rings is 1. The summed E-state index contributed by atoms with van der Waals surface area (Å²) in [7, 11) is 0. The van der Waals surface area contributed by atoms with Crippen LogP contribution in [0.5, 0.6) is 5.75 Å². The summed E-state index contributed by atoms with van der Waals surface area (Å²) in [5.41, 5.74) is 5.69. The highest BCUT2D eigenvalue weighted by Crippen LogP contribution is 2.51. The molecule has 0 N–H and O–H groups in total. The zero-order chi connectivity index (χ0) is 19.7. The lowest BCUT2D eigenvalue weighted by Gasteiger charge is -2.32. The van der Waals surface area contributed by atoms with Gasteiger partial charge in [0, 0.05) is 59.2 Å². The van der Waals surface area contributed by atoms with Crippen molar-refractivity contribution in [3.63, 3.8) is 0 Å². The van der Waals surface area contributed by atoms with E-state index in [1.165, 1.54) is 25.2 Å². The largest absolute Gasteiger partial charge is 0.492 e. The average molecular weight is 395 g/mol. The summed E-state index contributed by atoms with van der Waals surface area (Å²) in [6.45, 7) is -2.13. The Labute approximate surface area is 165 Å². The van der Waals surface area contributed by atoms with Gasteiger partial charge in [0.2, 0.25) is 0 Å². The SMILES string of the molecule is O=c1ccn2c(c1)-c1c(cc(-c3cnn(C(F)F)c3)c3c1CCO3)CC2C1CC1. The summed E-state index contributed by atoms with van der Waals surface area (Å²) in [6, 6.07) is 5.74. The molecule has 1 aromatic carbocycles. The predicted molar refractivity (Wildman–Crippen MR) is 103 cm³/mol. The molecule has 3 aromatic rings. The first-order valence-corrected chi connectivity index (χ1v) is 9.97. The first-order chi connectivity index (χ1) is 14.1. The Kier molecular flexibility index (Phi) is 3.52. The average Bonchev–Trinajstić information content (AvgIpc) is 3.22. The topological polar surface area (TPSA) is 49.0 Å². The Morgan fingerprint density at radius 3 is 2.86 bits per heavy atom. The van der Waals surface area contributed by atoms with Crippen molar-refractivity contribution >= 4 is 0 Å². The van der Waals surface area contributed by atoms with Crippen LogP contribution >= 0.6 is 0 Å². The highest BCUT2D eigenvalue weighted by Gasteiger charge is 2.38. The number of nitrogens with zero attached hydrogens (tertiary/aromatic N) is 3. The molecule has 2 aromatic heterocycles. The maximum absolute atomic E-state index is 13.0. The van der Waals surface area contributed by atoms with Crippen molar-refractivity contribution in [3.8, 4) is 28.1 Å². The molecule has 1 saturated carbocycles. The Balaban J connectivity index is 1.58. The maximum atomic E-state index is 13.0. The number of aromatic nitrogens is 3. The van der Waals surface area contributed by atoms with Crippen LogP contribution in [0.25, 0.3) is 22.4 Å². The van der Waals surface area contributed by atoms with E-state index < -0.39 is 6.55 Å². The van der Waals surface area contributed by atoms with Crippen molar-refractivity contribution < 1.29 is 13.5 Å². The summed E-state index contributed by atoms with van der Waals surface area (Å²) in [5, 5.41) is 3.80. The van der Waals surface area contributed by atoms with Gasteiger partial charge in [-0.05, 0) is 36.8 Å². The highest BCUT2D eigenvalue weighted by atomic mass is 19.3. The van der Waals surface area contributed by atoms with Gasteiger partial charge in [-0.1, -0.05) is 0 Å². The smallest absolute Gasteiger partial charge is 0.333 e. The molecular weight excluding hydrogens is 376 g/mol. The van der Waals surface area contributed by atoms with Gasteiger partial charge in [-0.2, -0.15) is 13.9 Å². The Morgan fingerprint density at radius 1 is 1.24 bits per heavy atom. The molecule has 1 fully saturated rings. The quantitative estimate of drug-likeness (QED) is 0.667. The van der Waals surface area contributed by atoms with Crippen molar-refractivity contribution in [3.05, 3.63) is 58.1 Å². The fourth-order valence-corrected chi connectivity index (χ4v) is 4.90. The summed E-state index contributed by atoms with van der Waals surface area (Å²) >= 11 is 0. The Hall–Kier alpha value is -2.96. The Bertz CT molecular complexity index is 1190. The molecule has 0 spiro atoms. The summed E-state index contributed by atoms with van der Waals surface area (Å²) in [5.74, 6) is 1.35. The molecule has 3 aliphatic rings. The molecule has 6 rings (SSSR count). The van der Waals surface area contributed by atoms with Crippen LogP contribution in [0.4, 0.5) is 8.78 Å². The minimum atomic E-state index is -2.67. The molecule has 2 aliphatic heterocycles. The van der Waals surface area contributed by atoms with Gasteiger partial charge in [0.25, 0.3) is 0 Å². The number of fused-ring (bicyclic) bond motifs is 5. The van der Waals surface area contributed by atoms with Crippen molar-refractivity contribution in [1.82, 2.24) is 14.3 Å². The molecule has 0 bridgehead atoms. The molecule has 5 nitrogen and oxygen atoms in total. The van der Waals surface area contributed by atoms with E-state index in [-0.39, 0.29) is 5.43 Å². The second-order valence-electron chi connectivity index (χ2n) is 8.11. The third-order valence-corrected chi connectivity index (χ3v) is 6.34. The number of ether oxygens (including phenoxy) is 1. The van der Waals surface area contributed by atoms with E-state index in [4.69, 9.17) is 4.74 Å². The van der Waals surface area contributed by atoms with Crippen LogP contribution in [-0.4, -0.2) is 21.0 Å². The van der Waals surface area contributed by atoms with Crippen molar-refractivity contribution in [1.29, 1.82) is 0 Å². The molecule has 1 atom stereocenters. The Morgan fingerprint density at radius 2 is 2.10 bits per heavy atom. The molecule has 1 aliphatic carbocycles. The fourth-order valence-electron chi connectivity index (χ4n) is 4.90. The third-order valence-electron chi connectivity index (χ3n) is 6.34. The van der Waals surface area contributed by atoms with Crippen molar-refractivity contribution in [2.45, 2.75) is 38.3 Å². The van der Waals surface area contributed by atoms with Crippen LogP contribution in [0.3, 0.4) is 0 Å². The van der Waals surface area contributed by atoms with Crippen LogP contribution in [0.1, 0.15) is 36.6 Å². The van der Waals surface area contributed by atoms with Crippen molar-refractivity contribution in [2.75, 3.05) is 6.61 Å². The highest BCUT2D eigenvalue weighted by molar-refractivity contribution is 5.83. The number of halogens is 2. The molecule has 1 unspecified atom stereocenters. The van der Waals surface area contributed by atoms with E-state index in [1.54, 1.807) is 12.1 Å².